The molecule has 7 N–H and O–H groups in total. The monoisotopic (exact) mass is 233 g/mol. The Bertz CT molecular complexity index is 254. The highest BCUT2D eigenvalue weighted by atomic mass is 16.7. The van der Waals surface area contributed by atoms with Crippen molar-refractivity contribution < 1.29 is 19.2 Å². The molecule has 0 heterocycles. The molecular weight excluding hydrogens is 218 g/mol. The molecule has 0 aliphatic carbocycles. The zero-order valence-electron chi connectivity index (χ0n) is 8.64. The third kappa shape index (κ3) is 7.67. The molecule has 0 fully saturated rings. The van der Waals surface area contributed by atoms with Gasteiger partial charge >= 0.3 is 5.97 Å². The van der Waals surface area contributed by atoms with Crippen molar-refractivity contribution in [3.05, 3.63) is 0 Å². The summed E-state index contributed by atoms with van der Waals surface area (Å²) in [6.45, 7) is -0.203. The van der Waals surface area contributed by atoms with E-state index in [-0.39, 0.29) is 26.1 Å². The van der Waals surface area contributed by atoms with Gasteiger partial charge < -0.3 is 16.3 Å². The molecule has 92 valence electrons. The minimum absolute atomic E-state index is 0.0508. The van der Waals surface area contributed by atoms with Gasteiger partial charge in [0.25, 0.3) is 0 Å². The molecule has 0 bridgehead atoms. The number of nitrogens with one attached hydrogen (secondary N) is 1. The van der Waals surface area contributed by atoms with Gasteiger partial charge in [0.05, 0.1) is 19.5 Å². The zero-order valence-corrected chi connectivity index (χ0v) is 8.64. The topological polar surface area (TPSA) is 154 Å². The Morgan fingerprint density at radius 1 is 1.12 bits per heavy atom. The van der Waals surface area contributed by atoms with Crippen LogP contribution in [-0.2, 0) is 19.2 Å². The van der Waals surface area contributed by atoms with Gasteiger partial charge in [0.1, 0.15) is 0 Å². The molecule has 0 saturated heterocycles. The number of nitrogens with two attached hydrogens (primary N) is 3. The quantitative estimate of drug-likeness (QED) is 0.251. The number of hydrazine groups is 1. The highest BCUT2D eigenvalue weighted by Crippen LogP contribution is 1.92. The predicted molar refractivity (Wildman–Crippen MR) is 52.9 cm³/mol. The Morgan fingerprint density at radius 2 is 1.62 bits per heavy atom. The van der Waals surface area contributed by atoms with Crippen LogP contribution in [0.3, 0.4) is 0 Å². The first-order chi connectivity index (χ1) is 7.45. The average molecular weight is 233 g/mol. The van der Waals surface area contributed by atoms with E-state index in [1.165, 1.54) is 4.90 Å². The summed E-state index contributed by atoms with van der Waals surface area (Å²) in [4.78, 5) is 37.7. The lowest BCUT2D eigenvalue weighted by molar-refractivity contribution is -0.152. The fourth-order valence-corrected chi connectivity index (χ4v) is 1.02. The molecule has 0 aromatic carbocycles. The van der Waals surface area contributed by atoms with Gasteiger partial charge in [-0.15, -0.1) is 0 Å². The maximum atomic E-state index is 10.9. The smallest absolute Gasteiger partial charge is 0.327 e. The SMILES string of the molecule is NNOC(=O)CCN(CC(N)=O)CC(N)=O. The van der Waals surface area contributed by atoms with Crippen molar-refractivity contribution in [1.82, 2.24) is 10.5 Å². The molecule has 16 heavy (non-hydrogen) atoms. The molecule has 0 aliphatic heterocycles. The van der Waals surface area contributed by atoms with E-state index in [0.29, 0.717) is 0 Å². The van der Waals surface area contributed by atoms with Gasteiger partial charge in [-0.05, 0) is 0 Å². The number of hydrogen-bond acceptors (Lipinski definition) is 7. The number of amides is 2. The Morgan fingerprint density at radius 3 is 2.00 bits per heavy atom. The molecule has 0 aromatic heterocycles. The third-order valence-electron chi connectivity index (χ3n) is 1.56. The normalized spacial score (nSPS) is 10.1. The lowest BCUT2D eigenvalue weighted by Crippen LogP contribution is -2.41. The van der Waals surface area contributed by atoms with Crippen LogP contribution in [0.5, 0.6) is 0 Å². The Hall–Kier alpha value is -1.71. The van der Waals surface area contributed by atoms with Crippen LogP contribution in [0, 0.1) is 0 Å². The van der Waals surface area contributed by atoms with Crippen molar-refractivity contribution in [2.24, 2.45) is 17.3 Å². The van der Waals surface area contributed by atoms with Crippen LogP contribution >= 0.6 is 0 Å². The Kier molecular flexibility index (Phi) is 6.76. The molecule has 0 aliphatic rings. The van der Waals surface area contributed by atoms with Gasteiger partial charge in [-0.25, -0.2) is 5.84 Å². The molecule has 9 nitrogen and oxygen atoms in total. The van der Waals surface area contributed by atoms with E-state index in [4.69, 9.17) is 17.3 Å². The van der Waals surface area contributed by atoms with Gasteiger partial charge in [0.2, 0.25) is 11.8 Å². The molecule has 0 spiro atoms. The molecule has 0 aromatic rings. The largest absolute Gasteiger partial charge is 0.369 e. The summed E-state index contributed by atoms with van der Waals surface area (Å²) >= 11 is 0. The van der Waals surface area contributed by atoms with Gasteiger partial charge in [0.15, 0.2) is 0 Å². The fourth-order valence-electron chi connectivity index (χ4n) is 1.02. The first-order valence-electron chi connectivity index (χ1n) is 4.40. The number of primary amides is 2. The lowest BCUT2D eigenvalue weighted by atomic mass is 10.3. The van der Waals surface area contributed by atoms with E-state index in [2.05, 4.69) is 4.84 Å². The minimum Gasteiger partial charge on any atom is -0.369 e. The summed E-state index contributed by atoms with van der Waals surface area (Å²) in [6.07, 6.45) is -0.0508. The molecular formula is C7H15N5O4. The van der Waals surface area contributed by atoms with Crippen LogP contribution in [0.25, 0.3) is 0 Å². The summed E-state index contributed by atoms with van der Waals surface area (Å²) in [5.41, 5.74) is 11.6. The first kappa shape index (κ1) is 14.3. The van der Waals surface area contributed by atoms with Crippen molar-refractivity contribution in [3.8, 4) is 0 Å². The van der Waals surface area contributed by atoms with Gasteiger partial charge in [-0.3, -0.25) is 19.3 Å². The number of nitrogens with zero attached hydrogens (tertiary/aromatic N) is 1. The van der Waals surface area contributed by atoms with E-state index < -0.39 is 17.8 Å². The van der Waals surface area contributed by atoms with Crippen LogP contribution in [0.2, 0.25) is 0 Å². The molecule has 0 rings (SSSR count). The fraction of sp³-hybridized carbons (Fsp3) is 0.571. The summed E-state index contributed by atoms with van der Waals surface area (Å²) in [5, 5.41) is 0. The average Bonchev–Trinajstić information content (AvgIpc) is 2.13. The highest BCUT2D eigenvalue weighted by molar-refractivity contribution is 5.79. The molecule has 0 radical (unpaired) electrons. The Labute approximate surface area is 91.8 Å². The molecule has 0 saturated carbocycles. The zero-order chi connectivity index (χ0) is 12.6. The van der Waals surface area contributed by atoms with E-state index >= 15 is 0 Å². The van der Waals surface area contributed by atoms with Gasteiger partial charge in [-0.2, -0.15) is 0 Å². The molecule has 0 unspecified atom stereocenters. The Balaban J connectivity index is 4.05. The van der Waals surface area contributed by atoms with E-state index in [9.17, 15) is 14.4 Å². The number of rotatable bonds is 8. The summed E-state index contributed by atoms with van der Waals surface area (Å²) in [6, 6.07) is 0. The van der Waals surface area contributed by atoms with Crippen molar-refractivity contribution in [2.75, 3.05) is 19.6 Å². The van der Waals surface area contributed by atoms with Crippen LogP contribution in [0.15, 0.2) is 0 Å². The van der Waals surface area contributed by atoms with Crippen molar-refractivity contribution in [2.45, 2.75) is 6.42 Å². The van der Waals surface area contributed by atoms with E-state index in [1.807, 2.05) is 0 Å². The van der Waals surface area contributed by atoms with Crippen LogP contribution in [0.4, 0.5) is 0 Å². The lowest BCUT2D eigenvalue weighted by Gasteiger charge is -2.17. The maximum absolute atomic E-state index is 10.9. The second-order valence-electron chi connectivity index (χ2n) is 2.99. The van der Waals surface area contributed by atoms with Gasteiger partial charge in [-0.1, -0.05) is 5.59 Å². The van der Waals surface area contributed by atoms with Crippen molar-refractivity contribution in [3.63, 3.8) is 0 Å². The minimum atomic E-state index is -0.624. The number of carbonyl (C=O) groups excluding carboxylic acids is 3. The second-order valence-corrected chi connectivity index (χ2v) is 2.99. The number of carbonyl (C=O) groups is 3. The second kappa shape index (κ2) is 7.56. The summed E-state index contributed by atoms with van der Waals surface area (Å²) in [7, 11) is 0. The predicted octanol–water partition coefficient (Wildman–Crippen LogP) is -3.43. The number of hydrogen-bond donors (Lipinski definition) is 4. The molecule has 0 atom stereocenters. The standard InChI is InChI=1S/C7H15N5O4/c8-5(13)3-12(4-6(9)14)2-1-7(15)16-11-10/h11H,1-4,10H2,(H2,8,13)(H2,9,14). The van der Waals surface area contributed by atoms with Crippen molar-refractivity contribution >= 4 is 17.8 Å². The van der Waals surface area contributed by atoms with Crippen LogP contribution < -0.4 is 22.9 Å². The summed E-state index contributed by atoms with van der Waals surface area (Å²) in [5.74, 6) is 2.88. The molecule has 2 amide bonds. The van der Waals surface area contributed by atoms with E-state index in [1.54, 1.807) is 5.59 Å². The molecule has 9 heteroatoms. The maximum Gasteiger partial charge on any atom is 0.327 e. The third-order valence-corrected chi connectivity index (χ3v) is 1.56. The van der Waals surface area contributed by atoms with Crippen LogP contribution in [-0.4, -0.2) is 42.3 Å². The van der Waals surface area contributed by atoms with E-state index in [0.717, 1.165) is 0 Å². The van der Waals surface area contributed by atoms with Gasteiger partial charge in [0, 0.05) is 6.54 Å². The summed E-state index contributed by atoms with van der Waals surface area (Å²) < 4.78 is 0. The van der Waals surface area contributed by atoms with Crippen molar-refractivity contribution in [1.29, 1.82) is 0 Å². The first-order valence-corrected chi connectivity index (χ1v) is 4.40. The highest BCUT2D eigenvalue weighted by Gasteiger charge is 2.13. The van der Waals surface area contributed by atoms with Crippen LogP contribution in [0.1, 0.15) is 6.42 Å².